The summed E-state index contributed by atoms with van der Waals surface area (Å²) in [5, 5.41) is 5.16. The van der Waals surface area contributed by atoms with Gasteiger partial charge < -0.3 is 24.9 Å². The quantitative estimate of drug-likeness (QED) is 0.140. The molecule has 0 radical (unpaired) electrons. The molecule has 7 nitrogen and oxygen atoms in total. The number of aromatic nitrogens is 7. The van der Waals surface area contributed by atoms with Crippen LogP contribution in [0.2, 0.25) is 40.2 Å². The van der Waals surface area contributed by atoms with E-state index in [2.05, 4.69) is 0 Å². The Balaban J connectivity index is 0.00000348. The molecule has 0 N–H and O–H groups in total. The Hall–Kier alpha value is -2.75. The van der Waals surface area contributed by atoms with Crippen molar-refractivity contribution in [3.8, 4) is 45.4 Å². The second-order valence-electron chi connectivity index (χ2n) is 10.8. The monoisotopic (exact) mass is 847 g/mol. The van der Waals surface area contributed by atoms with E-state index in [4.69, 9.17) is 128 Å². The minimum absolute atomic E-state index is 0. The predicted octanol–water partition coefficient (Wildman–Crippen LogP) is 12.0. The first kappa shape index (κ1) is 33.4. The van der Waals surface area contributed by atoms with Gasteiger partial charge in [0.2, 0.25) is 0 Å². The van der Waals surface area contributed by atoms with Crippen molar-refractivity contribution < 1.29 is 19.5 Å². The molecule has 234 valence electrons. The normalized spacial score (nSPS) is 11.9. The molecule has 0 saturated carbocycles. The van der Waals surface area contributed by atoms with E-state index in [1.54, 1.807) is 54.6 Å². The van der Waals surface area contributed by atoms with Gasteiger partial charge in [-0.15, -0.1) is 0 Å². The first-order chi connectivity index (χ1) is 23.0. The third-order valence-electron chi connectivity index (χ3n) is 8.04. The van der Waals surface area contributed by atoms with Crippen LogP contribution in [0.5, 0.6) is 0 Å². The van der Waals surface area contributed by atoms with Crippen LogP contribution < -0.4 is 9.97 Å². The maximum atomic E-state index is 6.78. The molecule has 2 aliphatic rings. The molecule has 7 aromatic rings. The number of hydrogen-bond donors (Lipinski definition) is 0. The zero-order valence-corrected chi connectivity index (χ0v) is 33.1. The summed E-state index contributed by atoms with van der Waals surface area (Å²) in [6, 6.07) is 15.2. The van der Waals surface area contributed by atoms with Gasteiger partial charge in [-0.25, -0.2) is 9.97 Å². The van der Waals surface area contributed by atoms with E-state index in [9.17, 15) is 0 Å². The van der Waals surface area contributed by atoms with Gasteiger partial charge in [-0.3, -0.25) is 0 Å². The van der Waals surface area contributed by atoms with E-state index < -0.39 is 0 Å². The van der Waals surface area contributed by atoms with Crippen LogP contribution in [0.1, 0.15) is 0 Å². The van der Waals surface area contributed by atoms with Crippen LogP contribution in [0.4, 0.5) is 0 Å². The first-order valence-corrected chi connectivity index (χ1v) is 16.9. The fourth-order valence-electron chi connectivity index (χ4n) is 5.91. The molecule has 2 aliphatic heterocycles. The van der Waals surface area contributed by atoms with Gasteiger partial charge >= 0.3 is 19.5 Å². The molecule has 0 atom stereocenters. The summed E-state index contributed by atoms with van der Waals surface area (Å²) in [5.74, 6) is 0.720. The largest absolute Gasteiger partial charge is 2.00 e. The molecule has 0 amide bonds. The van der Waals surface area contributed by atoms with Crippen LogP contribution in [-0.2, 0) is 19.5 Å². The van der Waals surface area contributed by atoms with Gasteiger partial charge in [0.25, 0.3) is 0 Å². The zero-order chi connectivity index (χ0) is 33.2. The number of benzene rings is 4. The van der Waals surface area contributed by atoms with E-state index >= 15 is 0 Å². The van der Waals surface area contributed by atoms with Crippen LogP contribution >= 0.6 is 92.8 Å². The van der Waals surface area contributed by atoms with Crippen molar-refractivity contribution in [2.24, 2.45) is 0 Å². The van der Waals surface area contributed by atoms with Gasteiger partial charge in [-0.2, -0.15) is 0 Å². The zero-order valence-electron chi connectivity index (χ0n) is 24.1. The number of rotatable bonds is 0. The molecule has 8 bridgehead atoms. The summed E-state index contributed by atoms with van der Waals surface area (Å²) in [5.41, 5.74) is 3.80. The van der Waals surface area contributed by atoms with Gasteiger partial charge in [0.15, 0.2) is 0 Å². The van der Waals surface area contributed by atoms with Crippen molar-refractivity contribution in [2.45, 2.75) is 0 Å². The van der Waals surface area contributed by atoms with Gasteiger partial charge in [0.1, 0.15) is 0 Å². The van der Waals surface area contributed by atoms with E-state index in [1.165, 1.54) is 0 Å². The average molecular weight is 852 g/mol. The van der Waals surface area contributed by atoms with Crippen molar-refractivity contribution in [3.05, 3.63) is 94.8 Å². The molecule has 16 heteroatoms. The predicted molar refractivity (Wildman–Crippen MR) is 196 cm³/mol. The van der Waals surface area contributed by atoms with E-state index in [0.29, 0.717) is 101 Å². The molecule has 5 heterocycles. The topological polar surface area (TPSA) is 92.7 Å². The Morgan fingerprint density at radius 3 is 1.22 bits per heavy atom. The molecule has 0 aliphatic carbocycles. The second kappa shape index (κ2) is 12.2. The van der Waals surface area contributed by atoms with Gasteiger partial charge in [0.05, 0.1) is 63.3 Å². The molecule has 0 unspecified atom stereocenters. The van der Waals surface area contributed by atoms with Crippen molar-refractivity contribution in [3.63, 3.8) is 0 Å². The van der Waals surface area contributed by atoms with Crippen molar-refractivity contribution in [2.75, 3.05) is 0 Å². The van der Waals surface area contributed by atoms with E-state index in [1.807, 2.05) is 0 Å². The van der Waals surface area contributed by atoms with Gasteiger partial charge in [-0.1, -0.05) is 92.8 Å². The van der Waals surface area contributed by atoms with Gasteiger partial charge in [-0.05, 0) is 87.3 Å². The summed E-state index contributed by atoms with van der Waals surface area (Å²) in [7, 11) is 0. The maximum Gasteiger partial charge on any atom is 2.00 e. The second-order valence-corrected chi connectivity index (χ2v) is 14.1. The maximum absolute atomic E-state index is 6.78. The number of hydrogen-bond acceptors (Lipinski definition) is 5. The smallest absolute Gasteiger partial charge is 0.435 e. The first-order valence-electron chi connectivity index (χ1n) is 13.9. The molecule has 0 spiro atoms. The molecule has 0 fully saturated rings. The molecular formula is C33H9Cl8N7Zn. The molecule has 3 aromatic heterocycles. The Morgan fingerprint density at radius 2 is 0.735 bits per heavy atom. The summed E-state index contributed by atoms with van der Waals surface area (Å²) in [4.78, 5) is 34.0. The third kappa shape index (κ3) is 5.23. The number of fused-ring (bicyclic) bond motifs is 20. The summed E-state index contributed by atoms with van der Waals surface area (Å²) in [6.45, 7) is 0. The van der Waals surface area contributed by atoms with Crippen LogP contribution in [-0.4, -0.2) is 24.9 Å². The summed E-state index contributed by atoms with van der Waals surface area (Å²) in [6.07, 6.45) is 0. The summed E-state index contributed by atoms with van der Waals surface area (Å²) >= 11 is 53.0. The van der Waals surface area contributed by atoms with Crippen LogP contribution in [0.3, 0.4) is 0 Å². The minimum atomic E-state index is 0. The molecule has 49 heavy (non-hydrogen) atoms. The average Bonchev–Trinajstić information content (AvgIpc) is 3.77. The van der Waals surface area contributed by atoms with E-state index in [-0.39, 0.29) is 48.2 Å². The number of nitrogens with zero attached hydrogens (tertiary/aromatic N) is 7. The molecule has 4 aromatic carbocycles. The fourth-order valence-corrected chi connectivity index (χ4v) is 7.54. The van der Waals surface area contributed by atoms with Crippen molar-refractivity contribution in [1.82, 2.24) is 34.9 Å². The molecule has 9 rings (SSSR count). The SMILES string of the molecule is Clc1cc2c3cc4nc(nc5[n-]c(nc6nc(nc([n-]3)c2cc1Cl)-c1c(Cl)ccc(Cl)c1-6)c1cc(Cl)c(Cl)cc51)-c1c(Cl)ccc(Cl)c1-4.[Zn+2]. The van der Waals surface area contributed by atoms with Crippen molar-refractivity contribution >= 4 is 137 Å². The van der Waals surface area contributed by atoms with Crippen LogP contribution in [0.25, 0.3) is 89.4 Å². The summed E-state index contributed by atoms with van der Waals surface area (Å²) < 4.78 is 0. The molecule has 0 saturated heterocycles. The Morgan fingerprint density at radius 1 is 0.367 bits per heavy atom. The van der Waals surface area contributed by atoms with Crippen LogP contribution in [0.15, 0.2) is 54.6 Å². The fraction of sp³-hybridized carbons (Fsp3) is 0. The van der Waals surface area contributed by atoms with Gasteiger partial charge in [0, 0.05) is 33.5 Å². The van der Waals surface area contributed by atoms with Crippen molar-refractivity contribution in [1.29, 1.82) is 0 Å². The standard InChI is InChI=1S/C33H9Cl8N7.Zn/c34-14-1-2-15(35)25-24(14)23-9-22-10-5-18(38)19(39)6-11(10)28(42-22)45-32-26-16(36)3-4-17(37)27(26)33(48-32)47-30-13-8-21(41)20(40)7-12(13)29(44-30)46-31(25)43-23;/h1-9H;/q-2;+2. The molecular weight excluding hydrogens is 843 g/mol. The minimum Gasteiger partial charge on any atom is -0.435 e. The third-order valence-corrected chi connectivity index (χ3v) is 10.7. The Bertz CT molecular complexity index is 2430. The Labute approximate surface area is 328 Å². The number of halogens is 8. The Kier molecular flexibility index (Phi) is 8.31. The van der Waals surface area contributed by atoms with E-state index in [0.717, 1.165) is 0 Å². The van der Waals surface area contributed by atoms with Crippen LogP contribution in [0, 0.1) is 0 Å².